The van der Waals surface area contributed by atoms with Gasteiger partial charge in [0.15, 0.2) is 0 Å². The number of alkyl halides is 6. The molecule has 1 N–H and O–H groups in total. The van der Waals surface area contributed by atoms with Gasteiger partial charge in [-0.05, 0) is 60.7 Å². The first-order valence-electron chi connectivity index (χ1n) is 11.5. The summed E-state index contributed by atoms with van der Waals surface area (Å²) in [6.07, 6.45) is -9.46. The van der Waals surface area contributed by atoms with Crippen LogP contribution in [0.1, 0.15) is 47.7 Å². The zero-order chi connectivity index (χ0) is 29.6. The number of sulfone groups is 1. The fraction of sp³-hybridized carbons (Fsp3) is 0.296. The van der Waals surface area contributed by atoms with Gasteiger partial charge in [0.05, 0.1) is 4.90 Å². The summed E-state index contributed by atoms with van der Waals surface area (Å²) in [5.41, 5.74) is -4.59. The van der Waals surface area contributed by atoms with Crippen LogP contribution in [0.5, 0.6) is 0 Å². The van der Waals surface area contributed by atoms with E-state index in [0.717, 1.165) is 18.2 Å². The second-order valence-corrected chi connectivity index (χ2v) is 11.2. The van der Waals surface area contributed by atoms with E-state index in [1.807, 2.05) is 0 Å². The van der Waals surface area contributed by atoms with Crippen LogP contribution in [-0.2, 0) is 15.4 Å². The van der Waals surface area contributed by atoms with Crippen LogP contribution >= 0.6 is 0 Å². The number of hydrogen-bond acceptors (Lipinski definition) is 4. The molecule has 1 heterocycles. The van der Waals surface area contributed by atoms with Crippen molar-refractivity contribution in [1.29, 1.82) is 5.26 Å². The Labute approximate surface area is 221 Å². The molecule has 39 heavy (non-hydrogen) atoms. The minimum absolute atomic E-state index is 0.00118. The molecule has 0 saturated heterocycles. The normalized spacial score (nSPS) is 13.6. The van der Waals surface area contributed by atoms with Gasteiger partial charge in [-0.25, -0.2) is 8.42 Å². The van der Waals surface area contributed by atoms with E-state index in [2.05, 4.69) is 0 Å². The van der Waals surface area contributed by atoms with Crippen LogP contribution in [0.15, 0.2) is 64.5 Å². The minimum Gasteiger partial charge on any atom is -0.369 e. The summed E-state index contributed by atoms with van der Waals surface area (Å²) in [7, 11) is -4.20. The number of rotatable bonds is 6. The van der Waals surface area contributed by atoms with E-state index >= 15 is 0 Å². The molecule has 2 aromatic carbocycles. The molecule has 3 rings (SSSR count). The lowest BCUT2D eigenvalue weighted by atomic mass is 9.92. The van der Waals surface area contributed by atoms with Gasteiger partial charge >= 0.3 is 12.4 Å². The van der Waals surface area contributed by atoms with Gasteiger partial charge in [0, 0.05) is 23.1 Å². The zero-order valence-electron chi connectivity index (χ0n) is 21.2. The zero-order valence-corrected chi connectivity index (χ0v) is 22.0. The Morgan fingerprint density at radius 2 is 1.49 bits per heavy atom. The maximum absolute atomic E-state index is 13.3. The predicted molar refractivity (Wildman–Crippen MR) is 133 cm³/mol. The Morgan fingerprint density at radius 1 is 0.974 bits per heavy atom. The second kappa shape index (κ2) is 10.2. The average Bonchev–Trinajstić information content (AvgIpc) is 3.24. The summed E-state index contributed by atoms with van der Waals surface area (Å²) >= 11 is 0. The first-order chi connectivity index (χ1) is 17.9. The van der Waals surface area contributed by atoms with Crippen LogP contribution in [0.2, 0.25) is 0 Å². The minimum atomic E-state index is -6.02. The number of aliphatic hydroxyl groups is 1. The third-order valence-corrected chi connectivity index (χ3v) is 8.19. The molecule has 0 atom stereocenters. The van der Waals surface area contributed by atoms with Crippen LogP contribution in [0.3, 0.4) is 0 Å². The first-order valence-corrected chi connectivity index (χ1v) is 13.0. The highest BCUT2D eigenvalue weighted by Crippen LogP contribution is 2.50. The van der Waals surface area contributed by atoms with E-state index in [4.69, 9.17) is 0 Å². The third kappa shape index (κ3) is 5.33. The number of aromatic nitrogens is 1. The molecule has 0 aliphatic carbocycles. The fourth-order valence-corrected chi connectivity index (χ4v) is 5.87. The Hall–Kier alpha value is -3.56. The molecule has 0 fully saturated rings. The lowest BCUT2D eigenvalue weighted by molar-refractivity contribution is -0.376. The highest BCUT2D eigenvalue weighted by molar-refractivity contribution is 7.95. The van der Waals surface area contributed by atoms with E-state index in [1.165, 1.54) is 10.8 Å². The Bertz CT molecular complexity index is 1520. The van der Waals surface area contributed by atoms with Gasteiger partial charge in [0.25, 0.3) is 5.60 Å². The molecule has 0 unspecified atom stereocenters. The smallest absolute Gasteiger partial charge is 0.369 e. The number of nitriles is 1. The lowest BCUT2D eigenvalue weighted by Crippen LogP contribution is -2.53. The number of nitrogens with zero attached hydrogens (tertiary/aromatic N) is 2. The van der Waals surface area contributed by atoms with Crippen LogP contribution in [0.25, 0.3) is 11.8 Å². The highest BCUT2D eigenvalue weighted by Gasteiger charge is 2.71. The summed E-state index contributed by atoms with van der Waals surface area (Å²) in [6.45, 7) is 6.76. The predicted octanol–water partition coefficient (Wildman–Crippen LogP) is 6.87. The molecule has 5 nitrogen and oxygen atoms in total. The summed E-state index contributed by atoms with van der Waals surface area (Å²) < 4.78 is 108. The number of benzene rings is 2. The van der Waals surface area contributed by atoms with Crippen molar-refractivity contribution in [2.75, 3.05) is 0 Å². The van der Waals surface area contributed by atoms with Gasteiger partial charge in [-0.1, -0.05) is 44.2 Å². The van der Waals surface area contributed by atoms with Crippen molar-refractivity contribution in [3.05, 3.63) is 87.6 Å². The van der Waals surface area contributed by atoms with Gasteiger partial charge < -0.3 is 9.67 Å². The molecule has 0 amide bonds. The highest BCUT2D eigenvalue weighted by atomic mass is 32.2. The topological polar surface area (TPSA) is 83.1 Å². The quantitative estimate of drug-likeness (QED) is 0.259. The van der Waals surface area contributed by atoms with Gasteiger partial charge in [-0.3, -0.25) is 0 Å². The number of aryl methyl sites for hydroxylation is 2. The molecule has 1 aromatic heterocycles. The Morgan fingerprint density at radius 3 is 1.92 bits per heavy atom. The van der Waals surface area contributed by atoms with Crippen molar-refractivity contribution >= 4 is 15.9 Å². The molecule has 0 bridgehead atoms. The van der Waals surface area contributed by atoms with Crippen molar-refractivity contribution in [2.24, 2.45) is 0 Å². The molecule has 0 aliphatic rings. The Balaban J connectivity index is 2.13. The molecular weight excluding hydrogens is 546 g/mol. The standard InChI is InChI=1S/C27H24F6N2O3S/c1-16(2)23-13-19(12-22(14-34)39(37,38)24-17(3)6-5-7-18(24)4)15-35(23)21-10-8-20(9-11-21)25(36,26(28,29)30)27(31,32)33/h5-13,15-16,36H,1-4H3/b22-12+. The molecule has 3 aromatic rings. The summed E-state index contributed by atoms with van der Waals surface area (Å²) in [5.74, 6) is -0.213. The monoisotopic (exact) mass is 570 g/mol. The SMILES string of the molecule is Cc1cccc(C)c1S(=O)(=O)/C(C#N)=C/c1cc(C(C)C)n(-c2ccc(C(O)(C(F)(F)F)C(F)(F)F)cc2)c1. The van der Waals surface area contributed by atoms with E-state index in [9.17, 15) is 45.1 Å². The molecule has 0 saturated carbocycles. The molecule has 12 heteroatoms. The second-order valence-electron chi connectivity index (χ2n) is 9.32. The maximum Gasteiger partial charge on any atom is 0.430 e. The van der Waals surface area contributed by atoms with Gasteiger partial charge in [0.2, 0.25) is 9.84 Å². The van der Waals surface area contributed by atoms with E-state index in [1.54, 1.807) is 58.0 Å². The van der Waals surface area contributed by atoms with Crippen molar-refractivity contribution in [3.8, 4) is 11.8 Å². The van der Waals surface area contributed by atoms with Crippen molar-refractivity contribution < 1.29 is 39.9 Å². The fourth-order valence-electron chi connectivity index (χ4n) is 4.25. The summed E-state index contributed by atoms with van der Waals surface area (Å²) in [4.78, 5) is -0.540. The number of allylic oxidation sites excluding steroid dienone is 1. The molecule has 0 aliphatic heterocycles. The van der Waals surface area contributed by atoms with Crippen molar-refractivity contribution in [3.63, 3.8) is 0 Å². The molecule has 208 valence electrons. The van der Waals surface area contributed by atoms with Gasteiger partial charge in [-0.2, -0.15) is 31.6 Å². The van der Waals surface area contributed by atoms with Gasteiger partial charge in [-0.15, -0.1) is 0 Å². The number of halogens is 6. The average molecular weight is 571 g/mol. The van der Waals surface area contributed by atoms with Crippen LogP contribution < -0.4 is 0 Å². The van der Waals surface area contributed by atoms with E-state index in [0.29, 0.717) is 29.0 Å². The largest absolute Gasteiger partial charge is 0.430 e. The van der Waals surface area contributed by atoms with Crippen molar-refractivity contribution in [1.82, 2.24) is 4.57 Å². The number of hydrogen-bond donors (Lipinski definition) is 1. The maximum atomic E-state index is 13.3. The van der Waals surface area contributed by atoms with Gasteiger partial charge in [0.1, 0.15) is 11.0 Å². The molecular formula is C27H24F6N2O3S. The van der Waals surface area contributed by atoms with Crippen LogP contribution in [-0.4, -0.2) is 30.4 Å². The Kier molecular flexibility index (Phi) is 7.84. The molecule has 0 spiro atoms. The van der Waals surface area contributed by atoms with E-state index < -0.39 is 38.3 Å². The summed E-state index contributed by atoms with van der Waals surface area (Å²) in [6, 6.07) is 11.2. The lowest BCUT2D eigenvalue weighted by Gasteiger charge is -2.32. The third-order valence-electron chi connectivity index (χ3n) is 6.22. The van der Waals surface area contributed by atoms with Crippen LogP contribution in [0, 0.1) is 25.2 Å². The summed E-state index contributed by atoms with van der Waals surface area (Å²) in [5, 5.41) is 19.3. The van der Waals surface area contributed by atoms with Crippen LogP contribution in [0.4, 0.5) is 26.3 Å². The van der Waals surface area contributed by atoms with Crippen molar-refractivity contribution in [2.45, 2.75) is 56.5 Å². The van der Waals surface area contributed by atoms with E-state index in [-0.39, 0.29) is 22.1 Å². The first kappa shape index (κ1) is 30.0. The molecule has 0 radical (unpaired) electrons.